The highest BCUT2D eigenvalue weighted by atomic mass is 35.6. The van der Waals surface area contributed by atoms with E-state index in [1.165, 1.54) is 0 Å². The summed E-state index contributed by atoms with van der Waals surface area (Å²) in [4.78, 5) is 11.9. The number of alkyl halides is 3. The quantitative estimate of drug-likeness (QED) is 0.282. The van der Waals surface area contributed by atoms with Crippen LogP contribution in [0.1, 0.15) is 13.8 Å². The van der Waals surface area contributed by atoms with E-state index in [9.17, 15) is 9.36 Å². The maximum atomic E-state index is 12.5. The lowest BCUT2D eigenvalue weighted by atomic mass is 10.6. The van der Waals surface area contributed by atoms with Crippen LogP contribution in [0.3, 0.4) is 0 Å². The van der Waals surface area contributed by atoms with Gasteiger partial charge in [-0.15, -0.1) is 0 Å². The molecule has 6 nitrogen and oxygen atoms in total. The number of hydrogen-bond acceptors (Lipinski definition) is 6. The van der Waals surface area contributed by atoms with Gasteiger partial charge in [0.2, 0.25) is 9.58 Å². The standard InChI is InChI=1S/C9H15Cl3NO5PS/c1-3-17-19(15,18-4-2)7(13-6-20)8(14)16-5-9(10,11)12/h6-7H,3-5H2,1-2H3,(H,13,20). The summed E-state index contributed by atoms with van der Waals surface area (Å²) in [5, 5.41) is 2.40. The molecular formula is C9H15Cl3NO5PS. The molecule has 1 N–H and O–H groups in total. The molecule has 1 atom stereocenters. The van der Waals surface area contributed by atoms with Gasteiger partial charge >= 0.3 is 13.6 Å². The monoisotopic (exact) mass is 385 g/mol. The fraction of sp³-hybridized carbons (Fsp3) is 0.778. The van der Waals surface area contributed by atoms with Crippen LogP contribution in [-0.2, 0) is 23.1 Å². The lowest BCUT2D eigenvalue weighted by molar-refractivity contribution is -0.143. The van der Waals surface area contributed by atoms with Crippen molar-refractivity contribution < 1.29 is 23.1 Å². The first-order valence-electron chi connectivity index (χ1n) is 5.52. The summed E-state index contributed by atoms with van der Waals surface area (Å²) in [6, 6.07) is 0. The van der Waals surface area contributed by atoms with Gasteiger partial charge in [0.1, 0.15) is 6.61 Å². The van der Waals surface area contributed by atoms with Gasteiger partial charge in [0, 0.05) is 0 Å². The van der Waals surface area contributed by atoms with Crippen LogP contribution in [0.15, 0.2) is 0 Å². The highest BCUT2D eigenvalue weighted by Gasteiger charge is 2.42. The molecule has 0 saturated carbocycles. The Balaban J connectivity index is 5.03. The summed E-state index contributed by atoms with van der Waals surface area (Å²) in [5.74, 6) is -2.38. The van der Waals surface area contributed by atoms with Crippen molar-refractivity contribution in [1.82, 2.24) is 5.32 Å². The zero-order valence-corrected chi connectivity index (χ0v) is 14.8. The zero-order chi connectivity index (χ0) is 15.8. The molecule has 0 aliphatic rings. The van der Waals surface area contributed by atoms with Crippen molar-refractivity contribution in [3.8, 4) is 0 Å². The summed E-state index contributed by atoms with van der Waals surface area (Å²) in [6.45, 7) is 2.85. The topological polar surface area (TPSA) is 73.9 Å². The molecule has 0 aromatic heterocycles. The van der Waals surface area contributed by atoms with Gasteiger partial charge in [-0.2, -0.15) is 0 Å². The van der Waals surface area contributed by atoms with Gasteiger partial charge in [0.15, 0.2) is 0 Å². The third-order valence-electron chi connectivity index (χ3n) is 1.76. The van der Waals surface area contributed by atoms with E-state index in [4.69, 9.17) is 48.6 Å². The van der Waals surface area contributed by atoms with E-state index < -0.39 is 29.7 Å². The predicted octanol–water partition coefficient (Wildman–Crippen LogP) is 3.04. The zero-order valence-electron chi connectivity index (χ0n) is 10.8. The van der Waals surface area contributed by atoms with Gasteiger partial charge in [-0.3, -0.25) is 4.57 Å². The maximum absolute atomic E-state index is 12.5. The number of esters is 1. The average molecular weight is 387 g/mol. The molecule has 0 fully saturated rings. The fourth-order valence-electron chi connectivity index (χ4n) is 1.13. The van der Waals surface area contributed by atoms with Crippen LogP contribution in [0.4, 0.5) is 0 Å². The maximum Gasteiger partial charge on any atom is 0.364 e. The van der Waals surface area contributed by atoms with E-state index in [1.807, 2.05) is 0 Å². The van der Waals surface area contributed by atoms with E-state index in [1.54, 1.807) is 13.8 Å². The molecule has 0 aliphatic carbocycles. The molecule has 0 amide bonds. The molecule has 20 heavy (non-hydrogen) atoms. The molecule has 0 heterocycles. The van der Waals surface area contributed by atoms with Crippen LogP contribution in [0.25, 0.3) is 0 Å². The van der Waals surface area contributed by atoms with Crippen LogP contribution >= 0.6 is 54.6 Å². The minimum atomic E-state index is -3.80. The summed E-state index contributed by atoms with van der Waals surface area (Å²) in [7, 11) is -3.80. The van der Waals surface area contributed by atoms with Gasteiger partial charge in [-0.05, 0) is 13.8 Å². The second kappa shape index (κ2) is 9.41. The second-order valence-electron chi connectivity index (χ2n) is 3.29. The Hall–Kier alpha value is 0.380. The SMILES string of the molecule is CCOP(=O)(OCC)C(NC=S)C(=O)OCC(Cl)(Cl)Cl. The lowest BCUT2D eigenvalue weighted by Crippen LogP contribution is -2.39. The van der Waals surface area contributed by atoms with Crippen molar-refractivity contribution in [2.24, 2.45) is 0 Å². The van der Waals surface area contributed by atoms with Gasteiger partial charge in [-0.25, -0.2) is 4.79 Å². The minimum absolute atomic E-state index is 0.0740. The molecule has 0 rings (SSSR count). The number of rotatable bonds is 9. The van der Waals surface area contributed by atoms with Crippen molar-refractivity contribution in [1.29, 1.82) is 0 Å². The van der Waals surface area contributed by atoms with Crippen molar-refractivity contribution in [2.45, 2.75) is 23.4 Å². The Labute approximate surface area is 137 Å². The average Bonchev–Trinajstić information content (AvgIpc) is 2.32. The van der Waals surface area contributed by atoms with Crippen molar-refractivity contribution in [3.63, 3.8) is 0 Å². The Morgan fingerprint density at radius 3 is 2.20 bits per heavy atom. The van der Waals surface area contributed by atoms with Gasteiger partial charge in [0.05, 0.1) is 18.7 Å². The lowest BCUT2D eigenvalue weighted by Gasteiger charge is -2.25. The number of carbonyl (C=O) groups is 1. The molecule has 11 heteroatoms. The Bertz CT molecular complexity index is 369. The number of ether oxygens (including phenoxy) is 1. The first kappa shape index (κ1) is 20.4. The predicted molar refractivity (Wildman–Crippen MR) is 82.7 cm³/mol. The first-order chi connectivity index (χ1) is 9.20. The van der Waals surface area contributed by atoms with Crippen LogP contribution in [0.5, 0.6) is 0 Å². The van der Waals surface area contributed by atoms with Crippen molar-refractivity contribution in [2.75, 3.05) is 19.8 Å². The van der Waals surface area contributed by atoms with E-state index >= 15 is 0 Å². The van der Waals surface area contributed by atoms with Crippen LogP contribution in [0.2, 0.25) is 0 Å². The van der Waals surface area contributed by atoms with Crippen LogP contribution in [-0.4, -0.2) is 40.9 Å². The summed E-state index contributed by atoms with van der Waals surface area (Å²) >= 11 is 21.0. The summed E-state index contributed by atoms with van der Waals surface area (Å²) in [5.41, 5.74) is 1.01. The Morgan fingerprint density at radius 1 is 1.35 bits per heavy atom. The number of hydrogen-bond donors (Lipinski definition) is 1. The third kappa shape index (κ3) is 7.41. The fourth-order valence-corrected chi connectivity index (χ4v) is 3.21. The molecule has 0 saturated heterocycles. The molecule has 0 aromatic rings. The third-order valence-corrected chi connectivity index (χ3v) is 4.45. The number of thiocarbonyl (C=S) groups is 1. The highest BCUT2D eigenvalue weighted by Crippen LogP contribution is 2.52. The van der Waals surface area contributed by atoms with Gasteiger partial charge in [-0.1, -0.05) is 47.0 Å². The van der Waals surface area contributed by atoms with Gasteiger partial charge < -0.3 is 19.1 Å². The molecule has 1 unspecified atom stereocenters. The first-order valence-corrected chi connectivity index (χ1v) is 8.73. The Kier molecular flexibility index (Phi) is 9.59. The molecule has 0 bridgehead atoms. The normalized spacial score (nSPS) is 13.7. The minimum Gasteiger partial charge on any atom is -0.459 e. The number of halogens is 3. The summed E-state index contributed by atoms with van der Waals surface area (Å²) in [6.07, 6.45) is 0. The molecular weight excluding hydrogens is 372 g/mol. The van der Waals surface area contributed by atoms with Crippen LogP contribution in [0, 0.1) is 0 Å². The van der Waals surface area contributed by atoms with E-state index in [-0.39, 0.29) is 13.2 Å². The largest absolute Gasteiger partial charge is 0.459 e. The Morgan fingerprint density at radius 2 is 1.85 bits per heavy atom. The summed E-state index contributed by atoms with van der Waals surface area (Å²) < 4.78 is 25.6. The molecule has 0 aromatic carbocycles. The molecule has 118 valence electrons. The smallest absolute Gasteiger partial charge is 0.364 e. The van der Waals surface area contributed by atoms with Crippen molar-refractivity contribution in [3.05, 3.63) is 0 Å². The second-order valence-corrected chi connectivity index (χ2v) is 8.15. The van der Waals surface area contributed by atoms with E-state index in [0.717, 1.165) is 5.49 Å². The van der Waals surface area contributed by atoms with Crippen LogP contribution < -0.4 is 5.32 Å². The molecule has 0 radical (unpaired) electrons. The highest BCUT2D eigenvalue weighted by molar-refractivity contribution is 7.78. The molecule has 0 spiro atoms. The van der Waals surface area contributed by atoms with E-state index in [2.05, 4.69) is 17.5 Å². The van der Waals surface area contributed by atoms with Gasteiger partial charge in [0.25, 0.3) is 0 Å². The number of nitrogens with one attached hydrogen (secondary N) is 1. The van der Waals surface area contributed by atoms with Crippen molar-refractivity contribution >= 4 is 66.1 Å². The van der Waals surface area contributed by atoms with E-state index in [0.29, 0.717) is 0 Å². The molecule has 0 aliphatic heterocycles. The number of carbonyl (C=O) groups excluding carboxylic acids is 1.